The van der Waals surface area contributed by atoms with Gasteiger partial charge >= 0.3 is 0 Å². The summed E-state index contributed by atoms with van der Waals surface area (Å²) >= 11 is 0. The van der Waals surface area contributed by atoms with Crippen LogP contribution in [0.25, 0.3) is 0 Å². The van der Waals surface area contributed by atoms with E-state index in [0.29, 0.717) is 0 Å². The molecular weight excluding hydrogens is 229 g/mol. The molecule has 15 heavy (non-hydrogen) atoms. The van der Waals surface area contributed by atoms with Crippen molar-refractivity contribution in [2.45, 2.75) is 71.1 Å². The number of hydrogen-bond acceptors (Lipinski definition) is 1. The Labute approximate surface area is 108 Å². The van der Waals surface area contributed by atoms with Gasteiger partial charge in [0.2, 0.25) is 0 Å². The highest BCUT2D eigenvalue weighted by Crippen LogP contribution is 2.09. The van der Waals surface area contributed by atoms with Gasteiger partial charge in [-0.2, -0.15) is 0 Å². The van der Waals surface area contributed by atoms with E-state index >= 15 is 0 Å². The van der Waals surface area contributed by atoms with E-state index in [9.17, 15) is 0 Å². The summed E-state index contributed by atoms with van der Waals surface area (Å²) in [6.07, 6.45) is 13.9. The minimum Gasteiger partial charge on any atom is -0.330 e. The molecule has 0 aromatic rings. The van der Waals surface area contributed by atoms with Crippen LogP contribution in [0, 0.1) is 0 Å². The number of halogens is 2. The standard InChI is InChI=1S/C12H27N.2ClH/c1-2-3-4-5-6-7-8-9-10-11-12-13;;/h2-13H2,1H3;2*1H. The van der Waals surface area contributed by atoms with E-state index in [0.717, 1.165) is 6.54 Å². The van der Waals surface area contributed by atoms with Crippen molar-refractivity contribution in [2.75, 3.05) is 6.54 Å². The molecule has 0 unspecified atom stereocenters. The zero-order chi connectivity index (χ0) is 9.78. The summed E-state index contributed by atoms with van der Waals surface area (Å²) in [5, 5.41) is 0. The lowest BCUT2D eigenvalue weighted by Crippen LogP contribution is -1.97. The lowest BCUT2D eigenvalue weighted by molar-refractivity contribution is 0.558. The zero-order valence-corrected chi connectivity index (χ0v) is 11.8. The van der Waals surface area contributed by atoms with Gasteiger partial charge in [0.25, 0.3) is 0 Å². The highest BCUT2D eigenvalue weighted by atomic mass is 35.5. The first kappa shape index (κ1) is 20.9. The van der Waals surface area contributed by atoms with E-state index in [4.69, 9.17) is 5.73 Å². The van der Waals surface area contributed by atoms with Crippen LogP contribution in [-0.2, 0) is 0 Å². The maximum absolute atomic E-state index is 5.42. The van der Waals surface area contributed by atoms with Gasteiger partial charge in [-0.25, -0.2) is 0 Å². The molecule has 0 heterocycles. The molecule has 0 aliphatic heterocycles. The average Bonchev–Trinajstić information content (AvgIpc) is 2.16. The van der Waals surface area contributed by atoms with Crippen molar-refractivity contribution in [3.05, 3.63) is 0 Å². The molecule has 3 heteroatoms. The van der Waals surface area contributed by atoms with Crippen LogP contribution in [0.1, 0.15) is 71.1 Å². The zero-order valence-electron chi connectivity index (χ0n) is 10.2. The maximum atomic E-state index is 5.42. The molecule has 96 valence electrons. The van der Waals surface area contributed by atoms with E-state index in [2.05, 4.69) is 6.92 Å². The summed E-state index contributed by atoms with van der Waals surface area (Å²) in [6, 6.07) is 0. The first-order valence-electron chi connectivity index (χ1n) is 6.12. The highest BCUT2D eigenvalue weighted by molar-refractivity contribution is 5.85. The van der Waals surface area contributed by atoms with Crippen LogP contribution in [0.3, 0.4) is 0 Å². The minimum absolute atomic E-state index is 0. The minimum atomic E-state index is 0. The Bertz CT molecular complexity index is 79.7. The van der Waals surface area contributed by atoms with Crippen molar-refractivity contribution in [3.8, 4) is 0 Å². The smallest absolute Gasteiger partial charge is 0.00773 e. The number of rotatable bonds is 10. The Balaban J connectivity index is -0.000000720. The molecule has 0 rings (SSSR count). The first-order chi connectivity index (χ1) is 6.41. The van der Waals surface area contributed by atoms with Crippen LogP contribution in [0.5, 0.6) is 0 Å². The van der Waals surface area contributed by atoms with E-state index < -0.39 is 0 Å². The molecule has 0 bridgehead atoms. The predicted molar refractivity (Wildman–Crippen MR) is 75.4 cm³/mol. The summed E-state index contributed by atoms with van der Waals surface area (Å²) in [5.41, 5.74) is 5.42. The van der Waals surface area contributed by atoms with Crippen LogP contribution < -0.4 is 5.73 Å². The summed E-state index contributed by atoms with van der Waals surface area (Å²) < 4.78 is 0. The van der Waals surface area contributed by atoms with E-state index in [1.165, 1.54) is 64.2 Å². The predicted octanol–water partition coefficient (Wildman–Crippen LogP) is 4.71. The molecule has 0 amide bonds. The fourth-order valence-electron chi connectivity index (χ4n) is 1.63. The monoisotopic (exact) mass is 257 g/mol. The van der Waals surface area contributed by atoms with Crippen molar-refractivity contribution in [2.24, 2.45) is 5.73 Å². The molecule has 0 aliphatic carbocycles. The maximum Gasteiger partial charge on any atom is -0.00773 e. The molecule has 0 aromatic heterocycles. The first-order valence-corrected chi connectivity index (χ1v) is 6.12. The van der Waals surface area contributed by atoms with Crippen LogP contribution >= 0.6 is 24.8 Å². The van der Waals surface area contributed by atoms with Gasteiger partial charge in [-0.15, -0.1) is 24.8 Å². The second-order valence-corrected chi connectivity index (χ2v) is 3.97. The molecule has 0 saturated heterocycles. The summed E-state index contributed by atoms with van der Waals surface area (Å²) in [6.45, 7) is 3.14. The Morgan fingerprint density at radius 1 is 0.600 bits per heavy atom. The van der Waals surface area contributed by atoms with E-state index in [1.54, 1.807) is 0 Å². The van der Waals surface area contributed by atoms with Gasteiger partial charge in [0.1, 0.15) is 0 Å². The Kier molecular flexibility index (Phi) is 27.9. The fourth-order valence-corrected chi connectivity index (χ4v) is 1.63. The lowest BCUT2D eigenvalue weighted by Gasteiger charge is -2.00. The topological polar surface area (TPSA) is 26.0 Å². The third kappa shape index (κ3) is 20.6. The Hall–Kier alpha value is 0.540. The highest BCUT2D eigenvalue weighted by Gasteiger charge is 1.90. The van der Waals surface area contributed by atoms with Gasteiger partial charge in [0.15, 0.2) is 0 Å². The van der Waals surface area contributed by atoms with Crippen molar-refractivity contribution in [3.63, 3.8) is 0 Å². The fraction of sp³-hybridized carbons (Fsp3) is 1.00. The van der Waals surface area contributed by atoms with Crippen LogP contribution in [0.15, 0.2) is 0 Å². The quantitative estimate of drug-likeness (QED) is 0.564. The molecule has 0 spiro atoms. The van der Waals surface area contributed by atoms with Gasteiger partial charge in [0.05, 0.1) is 0 Å². The largest absolute Gasteiger partial charge is 0.330 e. The summed E-state index contributed by atoms with van der Waals surface area (Å²) in [5.74, 6) is 0. The summed E-state index contributed by atoms with van der Waals surface area (Å²) in [4.78, 5) is 0. The van der Waals surface area contributed by atoms with Gasteiger partial charge in [-0.3, -0.25) is 0 Å². The van der Waals surface area contributed by atoms with E-state index in [-0.39, 0.29) is 24.8 Å². The van der Waals surface area contributed by atoms with Crippen molar-refractivity contribution in [1.82, 2.24) is 0 Å². The van der Waals surface area contributed by atoms with Gasteiger partial charge in [-0.05, 0) is 13.0 Å². The van der Waals surface area contributed by atoms with Crippen molar-refractivity contribution in [1.29, 1.82) is 0 Å². The molecular formula is C12H29Cl2N. The normalized spacial score (nSPS) is 9.20. The number of hydrogen-bond donors (Lipinski definition) is 1. The van der Waals surface area contributed by atoms with Crippen LogP contribution in [-0.4, -0.2) is 6.54 Å². The van der Waals surface area contributed by atoms with E-state index in [1.807, 2.05) is 0 Å². The Morgan fingerprint density at radius 3 is 1.27 bits per heavy atom. The van der Waals surface area contributed by atoms with Crippen molar-refractivity contribution < 1.29 is 0 Å². The number of unbranched alkanes of at least 4 members (excludes halogenated alkanes) is 9. The molecule has 0 atom stereocenters. The molecule has 0 fully saturated rings. The second-order valence-electron chi connectivity index (χ2n) is 3.97. The third-order valence-electron chi connectivity index (χ3n) is 2.56. The Morgan fingerprint density at radius 2 is 0.933 bits per heavy atom. The SMILES string of the molecule is CCCCCCCCCCCCN.Cl.Cl. The van der Waals surface area contributed by atoms with Crippen LogP contribution in [0.2, 0.25) is 0 Å². The molecule has 0 aromatic carbocycles. The second kappa shape index (κ2) is 20.0. The third-order valence-corrected chi connectivity index (χ3v) is 2.56. The molecule has 0 aliphatic rings. The molecule has 0 saturated carbocycles. The molecule has 2 N–H and O–H groups in total. The molecule has 0 radical (unpaired) electrons. The van der Waals surface area contributed by atoms with Gasteiger partial charge in [-0.1, -0.05) is 64.7 Å². The molecule has 1 nitrogen and oxygen atoms in total. The number of nitrogens with two attached hydrogens (primary N) is 1. The van der Waals surface area contributed by atoms with Gasteiger partial charge < -0.3 is 5.73 Å². The van der Waals surface area contributed by atoms with Gasteiger partial charge in [0, 0.05) is 0 Å². The average molecular weight is 258 g/mol. The van der Waals surface area contributed by atoms with Crippen LogP contribution in [0.4, 0.5) is 0 Å². The lowest BCUT2D eigenvalue weighted by atomic mass is 10.1. The summed E-state index contributed by atoms with van der Waals surface area (Å²) in [7, 11) is 0. The van der Waals surface area contributed by atoms with Crippen molar-refractivity contribution >= 4 is 24.8 Å².